The Balaban J connectivity index is 2.77. The number of aromatic nitrogens is 1. The van der Waals surface area contributed by atoms with Crippen LogP contribution in [0.25, 0.3) is 11.3 Å². The number of benzene rings is 1. The standard InChI is InChI=1S/C17H22N/c1-11-7-13(3)15(5)16(9-11)17-14(4)8-12(2)10-18(17)6/h7-10H,1-6H3/q+1. The second-order valence-corrected chi connectivity index (χ2v) is 5.41. The summed E-state index contributed by atoms with van der Waals surface area (Å²) < 4.78 is 2.24. The van der Waals surface area contributed by atoms with Gasteiger partial charge < -0.3 is 0 Å². The van der Waals surface area contributed by atoms with Crippen molar-refractivity contribution in [2.45, 2.75) is 34.6 Å². The van der Waals surface area contributed by atoms with Gasteiger partial charge >= 0.3 is 0 Å². The molecule has 0 saturated heterocycles. The topological polar surface area (TPSA) is 3.88 Å². The molecule has 0 aliphatic heterocycles. The Morgan fingerprint density at radius 2 is 1.39 bits per heavy atom. The molecule has 1 nitrogen and oxygen atoms in total. The molecule has 1 heteroatoms. The Morgan fingerprint density at radius 1 is 0.778 bits per heavy atom. The Morgan fingerprint density at radius 3 is 2.00 bits per heavy atom. The second kappa shape index (κ2) is 4.56. The summed E-state index contributed by atoms with van der Waals surface area (Å²) in [5.74, 6) is 0. The van der Waals surface area contributed by atoms with E-state index in [1.165, 1.54) is 39.1 Å². The SMILES string of the molecule is Cc1cc(C)c(C)c(-c2c(C)cc(C)c[n+]2C)c1. The van der Waals surface area contributed by atoms with Gasteiger partial charge in [0.25, 0.3) is 0 Å². The lowest BCUT2D eigenvalue weighted by Crippen LogP contribution is -2.32. The molecule has 2 rings (SSSR count). The van der Waals surface area contributed by atoms with Gasteiger partial charge in [-0.05, 0) is 57.9 Å². The Hall–Kier alpha value is -1.63. The molecule has 0 amide bonds. The van der Waals surface area contributed by atoms with E-state index in [0.29, 0.717) is 0 Å². The number of hydrogen-bond acceptors (Lipinski definition) is 0. The van der Waals surface area contributed by atoms with E-state index >= 15 is 0 Å². The monoisotopic (exact) mass is 240 g/mol. The van der Waals surface area contributed by atoms with Gasteiger partial charge in [-0.2, -0.15) is 0 Å². The number of pyridine rings is 1. The van der Waals surface area contributed by atoms with E-state index in [0.717, 1.165) is 0 Å². The van der Waals surface area contributed by atoms with Crippen molar-refractivity contribution in [3.05, 3.63) is 52.2 Å². The summed E-state index contributed by atoms with van der Waals surface area (Å²) in [7, 11) is 2.13. The molecule has 0 saturated carbocycles. The number of rotatable bonds is 1. The smallest absolute Gasteiger partial charge is 0.201 e. The van der Waals surface area contributed by atoms with Gasteiger partial charge in [-0.1, -0.05) is 11.6 Å². The first-order valence-corrected chi connectivity index (χ1v) is 6.45. The van der Waals surface area contributed by atoms with Crippen molar-refractivity contribution in [1.82, 2.24) is 0 Å². The second-order valence-electron chi connectivity index (χ2n) is 5.41. The summed E-state index contributed by atoms with van der Waals surface area (Å²) in [5.41, 5.74) is 9.39. The fraction of sp³-hybridized carbons (Fsp3) is 0.353. The van der Waals surface area contributed by atoms with Gasteiger partial charge in [0.1, 0.15) is 7.05 Å². The minimum absolute atomic E-state index is 1.31. The minimum Gasteiger partial charge on any atom is -0.201 e. The van der Waals surface area contributed by atoms with Crippen LogP contribution in [0.3, 0.4) is 0 Å². The minimum atomic E-state index is 1.31. The van der Waals surface area contributed by atoms with Crippen molar-refractivity contribution in [3.63, 3.8) is 0 Å². The molecule has 1 heterocycles. The van der Waals surface area contributed by atoms with Crippen LogP contribution in [0.1, 0.15) is 27.8 Å². The van der Waals surface area contributed by atoms with Crippen molar-refractivity contribution < 1.29 is 4.57 Å². The quantitative estimate of drug-likeness (QED) is 0.669. The molecule has 0 aliphatic rings. The summed E-state index contributed by atoms with van der Waals surface area (Å²) in [6, 6.07) is 6.80. The van der Waals surface area contributed by atoms with Crippen LogP contribution in [0, 0.1) is 34.6 Å². The van der Waals surface area contributed by atoms with E-state index in [-0.39, 0.29) is 0 Å². The van der Waals surface area contributed by atoms with E-state index in [1.807, 2.05) is 0 Å². The third kappa shape index (κ3) is 2.17. The van der Waals surface area contributed by atoms with Crippen LogP contribution in [0.15, 0.2) is 24.4 Å². The van der Waals surface area contributed by atoms with Gasteiger partial charge in [0, 0.05) is 16.7 Å². The molecular weight excluding hydrogens is 218 g/mol. The van der Waals surface area contributed by atoms with Crippen molar-refractivity contribution in [1.29, 1.82) is 0 Å². The molecule has 0 aliphatic carbocycles. The Kier molecular flexibility index (Phi) is 3.25. The van der Waals surface area contributed by atoms with Crippen molar-refractivity contribution in [3.8, 4) is 11.3 Å². The highest BCUT2D eigenvalue weighted by Crippen LogP contribution is 2.27. The first kappa shape index (κ1) is 12.8. The predicted molar refractivity (Wildman–Crippen MR) is 76.7 cm³/mol. The fourth-order valence-electron chi connectivity index (χ4n) is 2.78. The average Bonchev–Trinajstić information content (AvgIpc) is 2.23. The third-order valence-electron chi connectivity index (χ3n) is 3.63. The van der Waals surface area contributed by atoms with Gasteiger partial charge in [0.05, 0.1) is 0 Å². The molecule has 0 spiro atoms. The lowest BCUT2D eigenvalue weighted by molar-refractivity contribution is -0.661. The third-order valence-corrected chi connectivity index (χ3v) is 3.63. The highest BCUT2D eigenvalue weighted by molar-refractivity contribution is 5.66. The fourth-order valence-corrected chi connectivity index (χ4v) is 2.78. The molecule has 0 bridgehead atoms. The van der Waals surface area contributed by atoms with Crippen LogP contribution in [-0.2, 0) is 7.05 Å². The molecule has 94 valence electrons. The molecule has 0 radical (unpaired) electrons. The highest BCUT2D eigenvalue weighted by atomic mass is 14.9. The summed E-state index contributed by atoms with van der Waals surface area (Å²) in [6.45, 7) is 10.9. The zero-order valence-corrected chi connectivity index (χ0v) is 12.3. The van der Waals surface area contributed by atoms with Crippen molar-refractivity contribution in [2.24, 2.45) is 7.05 Å². The molecule has 1 aromatic carbocycles. The van der Waals surface area contributed by atoms with Crippen LogP contribution in [0.5, 0.6) is 0 Å². The molecule has 2 aromatic rings. The Labute approximate surface area is 110 Å². The van der Waals surface area contributed by atoms with E-state index in [2.05, 4.69) is 70.6 Å². The lowest BCUT2D eigenvalue weighted by Gasteiger charge is -2.11. The molecule has 1 aromatic heterocycles. The van der Waals surface area contributed by atoms with E-state index in [4.69, 9.17) is 0 Å². The maximum absolute atomic E-state index is 2.29. The number of nitrogens with zero attached hydrogens (tertiary/aromatic N) is 1. The van der Waals surface area contributed by atoms with Crippen LogP contribution >= 0.6 is 0 Å². The molecule has 18 heavy (non-hydrogen) atoms. The first-order chi connectivity index (χ1) is 8.40. The maximum Gasteiger partial charge on any atom is 0.215 e. The van der Waals surface area contributed by atoms with Crippen LogP contribution in [-0.4, -0.2) is 0 Å². The van der Waals surface area contributed by atoms with E-state index in [9.17, 15) is 0 Å². The van der Waals surface area contributed by atoms with Gasteiger partial charge in [0.2, 0.25) is 5.69 Å². The molecular formula is C17H22N+. The summed E-state index contributed by atoms with van der Waals surface area (Å²) in [5, 5.41) is 0. The maximum atomic E-state index is 2.29. The average molecular weight is 240 g/mol. The number of hydrogen-bond donors (Lipinski definition) is 0. The van der Waals surface area contributed by atoms with Crippen LogP contribution in [0.2, 0.25) is 0 Å². The number of aryl methyl sites for hydroxylation is 5. The summed E-state index contributed by atoms with van der Waals surface area (Å²) in [6.07, 6.45) is 2.19. The normalized spacial score (nSPS) is 10.8. The molecule has 0 atom stereocenters. The van der Waals surface area contributed by atoms with Crippen LogP contribution < -0.4 is 4.57 Å². The zero-order chi connectivity index (χ0) is 13.4. The summed E-state index contributed by atoms with van der Waals surface area (Å²) in [4.78, 5) is 0. The van der Waals surface area contributed by atoms with Crippen molar-refractivity contribution >= 4 is 0 Å². The van der Waals surface area contributed by atoms with Gasteiger partial charge in [0.15, 0.2) is 6.20 Å². The van der Waals surface area contributed by atoms with Gasteiger partial charge in [-0.15, -0.1) is 0 Å². The molecule has 0 N–H and O–H groups in total. The molecule has 0 unspecified atom stereocenters. The largest absolute Gasteiger partial charge is 0.215 e. The van der Waals surface area contributed by atoms with E-state index in [1.54, 1.807) is 0 Å². The van der Waals surface area contributed by atoms with E-state index < -0.39 is 0 Å². The lowest BCUT2D eigenvalue weighted by atomic mass is 9.95. The van der Waals surface area contributed by atoms with Gasteiger partial charge in [-0.3, -0.25) is 0 Å². The zero-order valence-electron chi connectivity index (χ0n) is 12.3. The predicted octanol–water partition coefficient (Wildman–Crippen LogP) is 3.72. The summed E-state index contributed by atoms with van der Waals surface area (Å²) >= 11 is 0. The van der Waals surface area contributed by atoms with Crippen molar-refractivity contribution in [2.75, 3.05) is 0 Å². The van der Waals surface area contributed by atoms with Gasteiger partial charge in [-0.25, -0.2) is 4.57 Å². The van der Waals surface area contributed by atoms with Crippen LogP contribution in [0.4, 0.5) is 0 Å². The Bertz CT molecular complexity index is 586. The first-order valence-electron chi connectivity index (χ1n) is 6.45. The molecule has 0 fully saturated rings. The highest BCUT2D eigenvalue weighted by Gasteiger charge is 2.17.